The van der Waals surface area contributed by atoms with Gasteiger partial charge in [0.1, 0.15) is 16.4 Å². The summed E-state index contributed by atoms with van der Waals surface area (Å²) in [4.78, 5) is -0.566. The molecule has 1 aromatic rings. The molecule has 0 aromatic heterocycles. The molecule has 106 valence electrons. The Labute approximate surface area is 111 Å². The molecule has 0 spiro atoms. The van der Waals surface area contributed by atoms with E-state index in [9.17, 15) is 17.2 Å². The predicted molar refractivity (Wildman–Crippen MR) is 67.9 cm³/mol. The molecule has 1 fully saturated rings. The quantitative estimate of drug-likeness (QED) is 0.847. The van der Waals surface area contributed by atoms with Crippen molar-refractivity contribution in [1.29, 1.82) is 0 Å². The highest BCUT2D eigenvalue weighted by Gasteiger charge is 2.38. The van der Waals surface area contributed by atoms with Crippen molar-refractivity contribution < 1.29 is 17.2 Å². The third-order valence-electron chi connectivity index (χ3n) is 3.35. The molecule has 2 rings (SSSR count). The molecule has 0 aliphatic carbocycles. The first-order valence-electron chi connectivity index (χ1n) is 5.89. The summed E-state index contributed by atoms with van der Waals surface area (Å²) in [7, 11) is -3.97. The van der Waals surface area contributed by atoms with E-state index < -0.39 is 32.2 Å². The zero-order valence-corrected chi connectivity index (χ0v) is 11.6. The fourth-order valence-electron chi connectivity index (χ4n) is 2.16. The third kappa shape index (κ3) is 2.44. The van der Waals surface area contributed by atoms with Crippen LogP contribution in [-0.2, 0) is 10.0 Å². The van der Waals surface area contributed by atoms with Crippen LogP contribution in [0.25, 0.3) is 0 Å². The van der Waals surface area contributed by atoms with Gasteiger partial charge in [-0.25, -0.2) is 17.2 Å². The van der Waals surface area contributed by atoms with E-state index >= 15 is 0 Å². The number of benzene rings is 1. The van der Waals surface area contributed by atoms with Gasteiger partial charge in [-0.05, 0) is 24.0 Å². The van der Waals surface area contributed by atoms with Gasteiger partial charge in [0.2, 0.25) is 10.0 Å². The van der Waals surface area contributed by atoms with Crippen molar-refractivity contribution in [3.63, 3.8) is 0 Å². The molecule has 0 atom stereocenters. The van der Waals surface area contributed by atoms with Crippen LogP contribution in [-0.4, -0.2) is 25.8 Å². The second-order valence-electron chi connectivity index (χ2n) is 5.53. The van der Waals surface area contributed by atoms with Crippen molar-refractivity contribution in [2.24, 2.45) is 5.41 Å². The molecule has 0 saturated carbocycles. The molecule has 0 radical (unpaired) electrons. The lowest BCUT2D eigenvalue weighted by molar-refractivity contribution is 0.374. The standard InChI is InChI=1S/C12H16F2N2O2S/c1-12(2)5-6-16(7-12)19(17,18)9-4-3-8(13)11(15)10(9)14/h3-4H,5-7,15H2,1-2H3. The number of rotatable bonds is 2. The van der Waals surface area contributed by atoms with Gasteiger partial charge in [-0.3, -0.25) is 0 Å². The Kier molecular flexibility index (Phi) is 3.30. The van der Waals surface area contributed by atoms with Crippen LogP contribution in [0.1, 0.15) is 20.3 Å². The Morgan fingerprint density at radius 3 is 2.47 bits per heavy atom. The van der Waals surface area contributed by atoms with E-state index in [1.54, 1.807) is 0 Å². The third-order valence-corrected chi connectivity index (χ3v) is 5.21. The summed E-state index contributed by atoms with van der Waals surface area (Å²) in [6.07, 6.45) is 0.699. The Morgan fingerprint density at radius 2 is 1.95 bits per heavy atom. The Hall–Kier alpha value is -1.21. The number of sulfonamides is 1. The molecule has 2 N–H and O–H groups in total. The largest absolute Gasteiger partial charge is 0.394 e. The molecular formula is C12H16F2N2O2S. The van der Waals surface area contributed by atoms with Gasteiger partial charge in [0.05, 0.1) is 0 Å². The van der Waals surface area contributed by atoms with Crippen molar-refractivity contribution >= 4 is 15.7 Å². The molecule has 4 nitrogen and oxygen atoms in total. The average Bonchev–Trinajstić information content (AvgIpc) is 2.67. The Bertz CT molecular complexity index is 614. The van der Waals surface area contributed by atoms with Gasteiger partial charge in [-0.15, -0.1) is 0 Å². The molecule has 19 heavy (non-hydrogen) atoms. The smallest absolute Gasteiger partial charge is 0.246 e. The van der Waals surface area contributed by atoms with Crippen molar-refractivity contribution in [1.82, 2.24) is 4.31 Å². The van der Waals surface area contributed by atoms with E-state index in [1.165, 1.54) is 4.31 Å². The molecule has 0 amide bonds. The second kappa shape index (κ2) is 4.42. The lowest BCUT2D eigenvalue weighted by Crippen LogP contribution is -2.31. The number of halogens is 2. The normalized spacial score (nSPS) is 19.8. The maximum Gasteiger partial charge on any atom is 0.246 e. The van der Waals surface area contributed by atoms with E-state index in [0.717, 1.165) is 12.1 Å². The first-order valence-corrected chi connectivity index (χ1v) is 7.33. The maximum atomic E-state index is 13.8. The topological polar surface area (TPSA) is 63.4 Å². The van der Waals surface area contributed by atoms with Crippen LogP contribution in [0.15, 0.2) is 17.0 Å². The molecule has 1 heterocycles. The molecule has 1 saturated heterocycles. The van der Waals surface area contributed by atoms with Crippen LogP contribution in [0, 0.1) is 17.0 Å². The van der Waals surface area contributed by atoms with E-state index in [-0.39, 0.29) is 5.41 Å². The van der Waals surface area contributed by atoms with Crippen LogP contribution in [0.4, 0.5) is 14.5 Å². The highest BCUT2D eigenvalue weighted by atomic mass is 32.2. The van der Waals surface area contributed by atoms with Crippen LogP contribution in [0.5, 0.6) is 0 Å². The summed E-state index contributed by atoms with van der Waals surface area (Å²) in [6.45, 7) is 4.52. The van der Waals surface area contributed by atoms with E-state index in [2.05, 4.69) is 0 Å². The maximum absolute atomic E-state index is 13.8. The molecule has 1 aliphatic heterocycles. The molecular weight excluding hydrogens is 274 g/mol. The van der Waals surface area contributed by atoms with Gasteiger partial charge in [0.15, 0.2) is 5.82 Å². The zero-order chi connectivity index (χ0) is 14.4. The monoisotopic (exact) mass is 290 g/mol. The minimum absolute atomic E-state index is 0.144. The summed E-state index contributed by atoms with van der Waals surface area (Å²) in [5, 5.41) is 0. The van der Waals surface area contributed by atoms with E-state index in [0.29, 0.717) is 19.5 Å². The lowest BCUT2D eigenvalue weighted by Gasteiger charge is -2.20. The fourth-order valence-corrected chi connectivity index (χ4v) is 3.86. The minimum atomic E-state index is -3.97. The Balaban J connectivity index is 2.44. The van der Waals surface area contributed by atoms with Gasteiger partial charge >= 0.3 is 0 Å². The summed E-state index contributed by atoms with van der Waals surface area (Å²) in [5.74, 6) is -2.18. The van der Waals surface area contributed by atoms with Crippen molar-refractivity contribution in [2.45, 2.75) is 25.2 Å². The summed E-state index contributed by atoms with van der Waals surface area (Å²) >= 11 is 0. The van der Waals surface area contributed by atoms with Crippen molar-refractivity contribution in [3.8, 4) is 0 Å². The van der Waals surface area contributed by atoms with E-state index in [1.807, 2.05) is 13.8 Å². The number of nitrogen functional groups attached to an aromatic ring is 1. The SMILES string of the molecule is CC1(C)CCN(S(=O)(=O)c2ccc(F)c(N)c2F)C1. The minimum Gasteiger partial charge on any atom is -0.394 e. The van der Waals surface area contributed by atoms with Crippen LogP contribution < -0.4 is 5.73 Å². The van der Waals surface area contributed by atoms with Gasteiger partial charge in [-0.1, -0.05) is 13.8 Å². The fraction of sp³-hybridized carbons (Fsp3) is 0.500. The molecule has 1 aliphatic rings. The number of anilines is 1. The predicted octanol–water partition coefficient (Wildman–Crippen LogP) is 1.97. The van der Waals surface area contributed by atoms with Gasteiger partial charge in [0, 0.05) is 13.1 Å². The van der Waals surface area contributed by atoms with Gasteiger partial charge in [0.25, 0.3) is 0 Å². The summed E-state index contributed by atoms with van der Waals surface area (Å²) < 4.78 is 52.7. The number of hydrogen-bond acceptors (Lipinski definition) is 3. The van der Waals surface area contributed by atoms with Gasteiger partial charge in [-0.2, -0.15) is 4.31 Å². The average molecular weight is 290 g/mol. The molecule has 1 aromatic carbocycles. The summed E-state index contributed by atoms with van der Waals surface area (Å²) in [6, 6.07) is 1.79. The molecule has 0 bridgehead atoms. The summed E-state index contributed by atoms with van der Waals surface area (Å²) in [5.41, 5.74) is 4.29. The zero-order valence-electron chi connectivity index (χ0n) is 10.8. The van der Waals surface area contributed by atoms with Crippen molar-refractivity contribution in [2.75, 3.05) is 18.8 Å². The lowest BCUT2D eigenvalue weighted by atomic mass is 9.93. The number of nitrogens with two attached hydrogens (primary N) is 1. The first kappa shape index (κ1) is 14.2. The molecule has 7 heteroatoms. The van der Waals surface area contributed by atoms with Crippen LogP contribution in [0.3, 0.4) is 0 Å². The van der Waals surface area contributed by atoms with E-state index in [4.69, 9.17) is 5.73 Å². The number of hydrogen-bond donors (Lipinski definition) is 1. The van der Waals surface area contributed by atoms with Crippen LogP contribution in [0.2, 0.25) is 0 Å². The number of nitrogens with zero attached hydrogens (tertiary/aromatic N) is 1. The van der Waals surface area contributed by atoms with Crippen LogP contribution >= 0.6 is 0 Å². The highest BCUT2D eigenvalue weighted by Crippen LogP contribution is 2.34. The highest BCUT2D eigenvalue weighted by molar-refractivity contribution is 7.89. The van der Waals surface area contributed by atoms with Gasteiger partial charge < -0.3 is 5.73 Å². The molecule has 0 unspecified atom stereocenters. The Morgan fingerprint density at radius 1 is 1.32 bits per heavy atom. The second-order valence-corrected chi connectivity index (χ2v) is 7.43. The first-order chi connectivity index (χ1) is 8.65. The van der Waals surface area contributed by atoms with Crippen molar-refractivity contribution in [3.05, 3.63) is 23.8 Å².